The van der Waals surface area contributed by atoms with Gasteiger partial charge in [-0.1, -0.05) is 6.08 Å². The van der Waals surface area contributed by atoms with E-state index in [1.807, 2.05) is 0 Å². The number of aliphatic carboxylic acids is 1. The van der Waals surface area contributed by atoms with Gasteiger partial charge in [-0.05, 0) is 51.9 Å². The highest BCUT2D eigenvalue weighted by atomic mass is 79.9. The number of hydrogen-bond acceptors (Lipinski definition) is 6. The fourth-order valence-corrected chi connectivity index (χ4v) is 3.08. The molecule has 1 fully saturated rings. The molecule has 1 heterocycles. The summed E-state index contributed by atoms with van der Waals surface area (Å²) in [6.07, 6.45) is 2.87. The van der Waals surface area contributed by atoms with Crippen LogP contribution in [0.2, 0.25) is 0 Å². The lowest BCUT2D eigenvalue weighted by Gasteiger charge is -2.27. The number of amides is 2. The van der Waals surface area contributed by atoms with Crippen LogP contribution in [0.25, 0.3) is 6.08 Å². The minimum atomic E-state index is -1.14. The summed E-state index contributed by atoms with van der Waals surface area (Å²) >= 11 is 8.27. The smallest absolute Gasteiger partial charge is 0.341 e. The second-order valence-corrected chi connectivity index (χ2v) is 6.48. The number of benzene rings is 1. The molecular formula is C17H15BrN2O6S. The van der Waals surface area contributed by atoms with Crippen LogP contribution in [-0.2, 0) is 14.4 Å². The van der Waals surface area contributed by atoms with Gasteiger partial charge >= 0.3 is 5.97 Å². The average molecular weight is 455 g/mol. The molecule has 0 aromatic heterocycles. The lowest BCUT2D eigenvalue weighted by atomic mass is 10.1. The van der Waals surface area contributed by atoms with Crippen LogP contribution in [-0.4, -0.2) is 53.2 Å². The van der Waals surface area contributed by atoms with Gasteiger partial charge in [0, 0.05) is 6.54 Å². The molecule has 142 valence electrons. The van der Waals surface area contributed by atoms with Crippen LogP contribution in [0.15, 0.2) is 34.8 Å². The highest BCUT2D eigenvalue weighted by molar-refractivity contribution is 9.10. The number of nitrogens with zero attached hydrogens (tertiary/aromatic N) is 1. The first kappa shape index (κ1) is 20.6. The number of thiocarbonyl (C=S) groups is 1. The lowest BCUT2D eigenvalue weighted by molar-refractivity contribution is -0.139. The van der Waals surface area contributed by atoms with Gasteiger partial charge in [-0.15, -0.1) is 6.58 Å². The highest BCUT2D eigenvalue weighted by Gasteiger charge is 2.32. The van der Waals surface area contributed by atoms with Crippen molar-refractivity contribution in [1.82, 2.24) is 10.2 Å². The molecule has 0 unspecified atom stereocenters. The van der Waals surface area contributed by atoms with Crippen LogP contribution >= 0.6 is 28.1 Å². The molecule has 27 heavy (non-hydrogen) atoms. The molecule has 0 atom stereocenters. The fraction of sp³-hybridized carbons (Fsp3) is 0.176. The number of carbonyl (C=O) groups excluding carboxylic acids is 2. The molecule has 1 aromatic carbocycles. The molecule has 2 N–H and O–H groups in total. The van der Waals surface area contributed by atoms with Crippen LogP contribution in [0.5, 0.6) is 11.5 Å². The summed E-state index contributed by atoms with van der Waals surface area (Å²) in [4.78, 5) is 36.6. The van der Waals surface area contributed by atoms with Gasteiger partial charge < -0.3 is 14.6 Å². The van der Waals surface area contributed by atoms with E-state index < -0.39 is 24.4 Å². The van der Waals surface area contributed by atoms with E-state index in [2.05, 4.69) is 27.8 Å². The molecule has 8 nitrogen and oxygen atoms in total. The molecule has 1 aromatic rings. The van der Waals surface area contributed by atoms with Gasteiger partial charge in [0.15, 0.2) is 23.2 Å². The highest BCUT2D eigenvalue weighted by Crippen LogP contribution is 2.37. The first-order valence-electron chi connectivity index (χ1n) is 7.50. The number of carbonyl (C=O) groups is 3. The maximum absolute atomic E-state index is 12.6. The maximum Gasteiger partial charge on any atom is 0.341 e. The van der Waals surface area contributed by atoms with Crippen LogP contribution in [0.3, 0.4) is 0 Å². The Hall–Kier alpha value is -2.72. The Bertz CT molecular complexity index is 867. The van der Waals surface area contributed by atoms with Gasteiger partial charge in [-0.25, -0.2) is 4.79 Å². The Labute approximate surface area is 168 Å². The number of rotatable bonds is 7. The summed E-state index contributed by atoms with van der Waals surface area (Å²) in [5.74, 6) is -1.88. The zero-order chi connectivity index (χ0) is 20.1. The van der Waals surface area contributed by atoms with E-state index in [0.717, 1.165) is 0 Å². The molecule has 0 spiro atoms. The number of hydrogen-bond donors (Lipinski definition) is 2. The summed E-state index contributed by atoms with van der Waals surface area (Å²) in [7, 11) is 1.38. The van der Waals surface area contributed by atoms with Gasteiger partial charge in [-0.3, -0.25) is 19.8 Å². The summed E-state index contributed by atoms with van der Waals surface area (Å²) in [6, 6.07) is 3.08. The van der Waals surface area contributed by atoms with Crippen LogP contribution in [0.1, 0.15) is 5.56 Å². The third-order valence-electron chi connectivity index (χ3n) is 3.40. The molecule has 0 aliphatic carbocycles. The largest absolute Gasteiger partial charge is 0.493 e. The van der Waals surface area contributed by atoms with Crippen LogP contribution in [0, 0.1) is 0 Å². The third-order valence-corrected chi connectivity index (χ3v) is 4.31. The van der Waals surface area contributed by atoms with Crippen molar-refractivity contribution in [2.24, 2.45) is 0 Å². The molecule has 1 aliphatic heterocycles. The minimum absolute atomic E-state index is 0.0122. The number of carboxylic acids is 1. The van der Waals surface area contributed by atoms with Crippen molar-refractivity contribution >= 4 is 57.1 Å². The van der Waals surface area contributed by atoms with Gasteiger partial charge in [0.25, 0.3) is 11.8 Å². The number of methoxy groups -OCH3 is 1. The van der Waals surface area contributed by atoms with E-state index in [-0.39, 0.29) is 28.7 Å². The van der Waals surface area contributed by atoms with Gasteiger partial charge in [0.2, 0.25) is 0 Å². The van der Waals surface area contributed by atoms with Crippen LogP contribution in [0.4, 0.5) is 0 Å². The molecule has 2 rings (SSSR count). The van der Waals surface area contributed by atoms with E-state index in [1.165, 1.54) is 30.2 Å². The second kappa shape index (κ2) is 8.78. The summed E-state index contributed by atoms with van der Waals surface area (Å²) < 4.78 is 10.8. The predicted molar refractivity (Wildman–Crippen MR) is 104 cm³/mol. The Morgan fingerprint density at radius 3 is 2.74 bits per heavy atom. The lowest BCUT2D eigenvalue weighted by Crippen LogP contribution is -2.53. The fourth-order valence-electron chi connectivity index (χ4n) is 2.25. The standard InChI is InChI=1S/C17H15BrN2O6S/c1-3-4-20-16(24)10(15(23)19-17(20)27)5-9-6-11(18)14(12(7-9)25-2)26-8-13(21)22/h3,5-7H,1,4,8H2,2H3,(H,21,22)(H,19,23,27). The molecule has 0 radical (unpaired) electrons. The monoisotopic (exact) mass is 454 g/mol. The summed E-state index contributed by atoms with van der Waals surface area (Å²) in [5, 5.41) is 11.2. The molecule has 10 heteroatoms. The number of ether oxygens (including phenoxy) is 2. The molecule has 1 saturated heterocycles. The van der Waals surface area contributed by atoms with Gasteiger partial charge in [0.1, 0.15) is 5.57 Å². The van der Waals surface area contributed by atoms with E-state index in [4.69, 9.17) is 26.8 Å². The van der Waals surface area contributed by atoms with E-state index >= 15 is 0 Å². The van der Waals surface area contributed by atoms with E-state index in [1.54, 1.807) is 6.07 Å². The normalized spacial score (nSPS) is 15.6. The molecule has 2 amide bonds. The van der Waals surface area contributed by atoms with E-state index in [0.29, 0.717) is 10.0 Å². The summed E-state index contributed by atoms with van der Waals surface area (Å²) in [5.41, 5.74) is 0.352. The minimum Gasteiger partial charge on any atom is -0.493 e. The molecular weight excluding hydrogens is 440 g/mol. The average Bonchev–Trinajstić information content (AvgIpc) is 2.60. The van der Waals surface area contributed by atoms with Crippen molar-refractivity contribution in [3.05, 3.63) is 40.4 Å². The van der Waals surface area contributed by atoms with Crippen LogP contribution < -0.4 is 14.8 Å². The number of halogens is 1. The van der Waals surface area contributed by atoms with Crippen molar-refractivity contribution in [2.45, 2.75) is 0 Å². The Balaban J connectivity index is 2.42. The Kier molecular flexibility index (Phi) is 6.70. The number of carboxylic acid groups (broad SMARTS) is 1. The molecule has 1 aliphatic rings. The van der Waals surface area contributed by atoms with Crippen molar-refractivity contribution in [3.8, 4) is 11.5 Å². The van der Waals surface area contributed by atoms with Crippen molar-refractivity contribution in [3.63, 3.8) is 0 Å². The van der Waals surface area contributed by atoms with Gasteiger partial charge in [-0.2, -0.15) is 0 Å². The van der Waals surface area contributed by atoms with Crippen molar-refractivity contribution in [1.29, 1.82) is 0 Å². The van der Waals surface area contributed by atoms with Crippen molar-refractivity contribution < 1.29 is 29.0 Å². The Morgan fingerprint density at radius 2 is 2.15 bits per heavy atom. The maximum atomic E-state index is 12.6. The number of nitrogens with one attached hydrogen (secondary N) is 1. The zero-order valence-electron chi connectivity index (χ0n) is 14.2. The quantitative estimate of drug-likeness (QED) is 0.279. The van der Waals surface area contributed by atoms with Crippen molar-refractivity contribution in [2.75, 3.05) is 20.3 Å². The zero-order valence-corrected chi connectivity index (χ0v) is 16.6. The third kappa shape index (κ3) is 4.72. The molecule has 0 bridgehead atoms. The molecule has 0 saturated carbocycles. The Morgan fingerprint density at radius 1 is 1.44 bits per heavy atom. The SMILES string of the molecule is C=CCN1C(=O)C(=Cc2cc(Br)c(OCC(=O)O)c(OC)c2)C(=O)NC1=S. The predicted octanol–water partition coefficient (Wildman–Crippen LogP) is 1.73. The van der Waals surface area contributed by atoms with Gasteiger partial charge in [0.05, 0.1) is 11.6 Å². The first-order chi connectivity index (χ1) is 12.8. The first-order valence-corrected chi connectivity index (χ1v) is 8.70. The van der Waals surface area contributed by atoms with E-state index in [9.17, 15) is 14.4 Å². The summed E-state index contributed by atoms with van der Waals surface area (Å²) in [6.45, 7) is 3.17. The topological polar surface area (TPSA) is 105 Å². The second-order valence-electron chi connectivity index (χ2n) is 5.24.